The molecular weight excluding hydrogens is 457 g/mol. The number of nitrogens with one attached hydrogen (secondary N) is 1. The van der Waals surface area contributed by atoms with Gasteiger partial charge < -0.3 is 15.0 Å². The average Bonchev–Trinajstić information content (AvgIpc) is 3.31. The van der Waals surface area contributed by atoms with Crippen molar-refractivity contribution in [2.75, 3.05) is 19.4 Å². The molecule has 0 saturated carbocycles. The van der Waals surface area contributed by atoms with Crippen molar-refractivity contribution >= 4 is 33.3 Å². The van der Waals surface area contributed by atoms with Crippen molar-refractivity contribution in [3.05, 3.63) is 67.1 Å². The number of likely N-dealkylation sites (N-methyl/N-ethyl adjacent to an activating group) is 1. The van der Waals surface area contributed by atoms with Gasteiger partial charge in [0.05, 0.1) is 28.3 Å². The zero-order chi connectivity index (χ0) is 25.4. The quantitative estimate of drug-likeness (QED) is 0.340. The maximum absolute atomic E-state index is 15.4. The molecule has 3 heterocycles. The van der Waals surface area contributed by atoms with Crippen LogP contribution < -0.4 is 10.1 Å². The minimum atomic E-state index is -0.392. The zero-order valence-corrected chi connectivity index (χ0v) is 20.9. The highest BCUT2D eigenvalue weighted by atomic mass is 19.1. The lowest BCUT2D eigenvalue weighted by molar-refractivity contribution is 0.123. The molecule has 0 aliphatic rings. The summed E-state index contributed by atoms with van der Waals surface area (Å²) in [6.07, 6.45) is 6.72. The van der Waals surface area contributed by atoms with Gasteiger partial charge in [0.25, 0.3) is 0 Å². The smallest absolute Gasteiger partial charge is 0.156 e. The van der Waals surface area contributed by atoms with E-state index in [4.69, 9.17) is 4.74 Å². The van der Waals surface area contributed by atoms with Crippen LogP contribution in [0.3, 0.4) is 0 Å². The fourth-order valence-electron chi connectivity index (χ4n) is 4.14. The highest BCUT2D eigenvalue weighted by molar-refractivity contribution is 5.99. The van der Waals surface area contributed by atoms with E-state index in [-0.39, 0.29) is 12.1 Å². The minimum absolute atomic E-state index is 0.135. The van der Waals surface area contributed by atoms with Crippen LogP contribution in [0.1, 0.15) is 13.8 Å². The van der Waals surface area contributed by atoms with E-state index in [2.05, 4.69) is 37.2 Å². The van der Waals surface area contributed by atoms with Crippen molar-refractivity contribution < 1.29 is 9.13 Å². The Labute approximate surface area is 208 Å². The molecule has 36 heavy (non-hydrogen) atoms. The molecule has 0 aliphatic carbocycles. The summed E-state index contributed by atoms with van der Waals surface area (Å²) >= 11 is 0. The summed E-state index contributed by atoms with van der Waals surface area (Å²) in [5, 5.41) is 8.59. The number of rotatable bonds is 7. The Morgan fingerprint density at radius 1 is 1.03 bits per heavy atom. The second-order valence-electron chi connectivity index (χ2n) is 9.14. The molecule has 1 N–H and O–H groups in total. The largest absolute Gasteiger partial charge is 0.488 e. The second kappa shape index (κ2) is 9.50. The van der Waals surface area contributed by atoms with E-state index in [1.54, 1.807) is 41.3 Å². The molecule has 0 saturated heterocycles. The van der Waals surface area contributed by atoms with E-state index in [0.717, 1.165) is 11.1 Å². The molecule has 3 aromatic heterocycles. The SMILES string of the molecule is C[C@H](Oc1cc(-c2cnn(C)c2)cc2ncnc(Nc3ccc4ncccc4c3F)c12)[C@H](C)N(C)C. The van der Waals surface area contributed by atoms with Crippen LogP contribution >= 0.6 is 0 Å². The molecule has 8 nitrogen and oxygen atoms in total. The third-order valence-electron chi connectivity index (χ3n) is 6.52. The molecule has 5 rings (SSSR count). The molecular formula is C27H28FN7O. The molecule has 0 amide bonds. The number of ether oxygens (including phenoxy) is 1. The third-order valence-corrected chi connectivity index (χ3v) is 6.52. The van der Waals surface area contributed by atoms with Gasteiger partial charge in [-0.15, -0.1) is 0 Å². The fraction of sp³-hybridized carbons (Fsp3) is 0.259. The Kier molecular flexibility index (Phi) is 6.24. The van der Waals surface area contributed by atoms with E-state index in [1.165, 1.54) is 6.33 Å². The summed E-state index contributed by atoms with van der Waals surface area (Å²) in [7, 11) is 5.91. The Hall–Kier alpha value is -4.11. The number of aromatic nitrogens is 5. The van der Waals surface area contributed by atoms with Crippen molar-refractivity contribution in [3.8, 4) is 16.9 Å². The summed E-state index contributed by atoms with van der Waals surface area (Å²) in [5.41, 5.74) is 3.43. The van der Waals surface area contributed by atoms with Crippen LogP contribution in [0.5, 0.6) is 5.75 Å². The number of fused-ring (bicyclic) bond motifs is 2. The van der Waals surface area contributed by atoms with Gasteiger partial charge >= 0.3 is 0 Å². The topological polar surface area (TPSA) is 81.0 Å². The van der Waals surface area contributed by atoms with E-state index in [1.807, 2.05) is 46.4 Å². The van der Waals surface area contributed by atoms with Crippen molar-refractivity contribution in [1.29, 1.82) is 0 Å². The molecule has 0 fully saturated rings. The minimum Gasteiger partial charge on any atom is -0.488 e. The van der Waals surface area contributed by atoms with Crippen LogP contribution in [-0.4, -0.2) is 55.9 Å². The zero-order valence-electron chi connectivity index (χ0n) is 20.9. The molecule has 0 bridgehead atoms. The van der Waals surface area contributed by atoms with E-state index >= 15 is 4.39 Å². The number of nitrogens with zero attached hydrogens (tertiary/aromatic N) is 6. The summed E-state index contributed by atoms with van der Waals surface area (Å²) in [5.74, 6) is 0.675. The van der Waals surface area contributed by atoms with Crippen LogP contribution in [0, 0.1) is 5.82 Å². The Morgan fingerprint density at radius 2 is 1.86 bits per heavy atom. The van der Waals surface area contributed by atoms with Gasteiger partial charge in [-0.1, -0.05) is 0 Å². The Bertz CT molecular complexity index is 1550. The Morgan fingerprint density at radius 3 is 2.61 bits per heavy atom. The lowest BCUT2D eigenvalue weighted by Gasteiger charge is -2.28. The standard InChI is InChI=1S/C27H28FN7O/c1-16(34(3)4)17(2)36-24-12-18(19-13-32-35(5)14-19)11-23-25(24)27(31-15-30-23)33-22-9-8-21-20(26(22)28)7-6-10-29-21/h6-17H,1-5H3,(H,30,31,33)/t16-,17-/m0/s1. The molecule has 0 spiro atoms. The third kappa shape index (κ3) is 4.45. The summed E-state index contributed by atoms with van der Waals surface area (Å²) < 4.78 is 23.6. The van der Waals surface area contributed by atoms with Crippen LogP contribution in [0.15, 0.2) is 61.3 Å². The van der Waals surface area contributed by atoms with Crippen molar-refractivity contribution in [1.82, 2.24) is 29.6 Å². The summed E-state index contributed by atoms with van der Waals surface area (Å²) in [4.78, 5) is 15.3. The Balaban J connectivity index is 1.64. The first-order chi connectivity index (χ1) is 17.3. The van der Waals surface area contributed by atoms with Gasteiger partial charge in [-0.05, 0) is 69.9 Å². The van der Waals surface area contributed by atoms with E-state index in [9.17, 15) is 0 Å². The predicted molar refractivity (Wildman–Crippen MR) is 140 cm³/mol. The number of aryl methyl sites for hydroxylation is 1. The van der Waals surface area contributed by atoms with Crippen molar-refractivity contribution in [2.24, 2.45) is 7.05 Å². The summed E-state index contributed by atoms with van der Waals surface area (Å²) in [6.45, 7) is 4.13. The maximum atomic E-state index is 15.4. The van der Waals surface area contributed by atoms with Gasteiger partial charge in [-0.2, -0.15) is 5.10 Å². The average molecular weight is 486 g/mol. The molecule has 184 valence electrons. The molecule has 2 aromatic carbocycles. The highest BCUT2D eigenvalue weighted by Crippen LogP contribution is 2.37. The van der Waals surface area contributed by atoms with Gasteiger partial charge in [0.1, 0.15) is 24.0 Å². The van der Waals surface area contributed by atoms with Gasteiger partial charge in [0, 0.05) is 36.4 Å². The van der Waals surface area contributed by atoms with Gasteiger partial charge in [0.2, 0.25) is 0 Å². The van der Waals surface area contributed by atoms with Crippen LogP contribution in [0.2, 0.25) is 0 Å². The summed E-state index contributed by atoms with van der Waals surface area (Å²) in [6, 6.07) is 10.9. The molecule has 9 heteroatoms. The monoisotopic (exact) mass is 485 g/mol. The molecule has 0 unspecified atom stereocenters. The number of hydrogen-bond donors (Lipinski definition) is 1. The first-order valence-electron chi connectivity index (χ1n) is 11.7. The molecule has 5 aromatic rings. The van der Waals surface area contributed by atoms with E-state index < -0.39 is 5.82 Å². The van der Waals surface area contributed by atoms with Gasteiger partial charge in [-0.25, -0.2) is 14.4 Å². The van der Waals surface area contributed by atoms with Crippen molar-refractivity contribution in [3.63, 3.8) is 0 Å². The van der Waals surface area contributed by atoms with Gasteiger partial charge in [-0.3, -0.25) is 9.67 Å². The number of hydrogen-bond acceptors (Lipinski definition) is 7. The maximum Gasteiger partial charge on any atom is 0.156 e. The molecule has 0 radical (unpaired) electrons. The first kappa shape index (κ1) is 23.6. The number of pyridine rings is 1. The highest BCUT2D eigenvalue weighted by Gasteiger charge is 2.21. The van der Waals surface area contributed by atoms with Crippen LogP contribution in [-0.2, 0) is 7.05 Å². The normalized spacial score (nSPS) is 13.3. The van der Waals surface area contributed by atoms with E-state index in [0.29, 0.717) is 39.1 Å². The molecule has 0 aliphatic heterocycles. The van der Waals surface area contributed by atoms with Crippen LogP contribution in [0.25, 0.3) is 32.9 Å². The first-order valence-corrected chi connectivity index (χ1v) is 11.7. The lowest BCUT2D eigenvalue weighted by Crippen LogP contribution is -2.38. The number of halogens is 1. The predicted octanol–water partition coefficient (Wildman–Crippen LogP) is 5.18. The lowest BCUT2D eigenvalue weighted by atomic mass is 10.1. The van der Waals surface area contributed by atoms with Gasteiger partial charge in [0.15, 0.2) is 5.82 Å². The molecule has 2 atom stereocenters. The number of anilines is 2. The van der Waals surface area contributed by atoms with Crippen LogP contribution in [0.4, 0.5) is 15.9 Å². The number of benzene rings is 2. The second-order valence-corrected chi connectivity index (χ2v) is 9.14. The van der Waals surface area contributed by atoms with Crippen molar-refractivity contribution in [2.45, 2.75) is 26.0 Å². The fourth-order valence-corrected chi connectivity index (χ4v) is 4.14.